The van der Waals surface area contributed by atoms with Gasteiger partial charge in [-0.05, 0) is 49.6 Å². The van der Waals surface area contributed by atoms with Gasteiger partial charge in [0.1, 0.15) is 5.75 Å². The van der Waals surface area contributed by atoms with Crippen molar-refractivity contribution in [3.8, 4) is 23.0 Å². The molecule has 2 aromatic rings. The van der Waals surface area contributed by atoms with Gasteiger partial charge in [-0.15, -0.1) is 0 Å². The Balaban J connectivity index is 1.49. The van der Waals surface area contributed by atoms with Crippen molar-refractivity contribution >= 4 is 11.8 Å². The Hall–Kier alpha value is -3.42. The van der Waals surface area contributed by atoms with Gasteiger partial charge in [-0.2, -0.15) is 0 Å². The molecule has 160 valence electrons. The van der Waals surface area contributed by atoms with Crippen LogP contribution >= 0.6 is 0 Å². The zero-order valence-corrected chi connectivity index (χ0v) is 16.8. The van der Waals surface area contributed by atoms with E-state index in [0.717, 1.165) is 23.4 Å². The molecule has 1 aliphatic heterocycles. The van der Waals surface area contributed by atoms with Crippen LogP contribution in [-0.2, 0) is 11.2 Å². The van der Waals surface area contributed by atoms with Crippen molar-refractivity contribution in [2.75, 3.05) is 19.7 Å². The van der Waals surface area contributed by atoms with Gasteiger partial charge >= 0.3 is 0 Å². The van der Waals surface area contributed by atoms with Gasteiger partial charge in [-0.1, -0.05) is 12.1 Å². The molecular formula is C22H26N2O6. The predicted octanol–water partition coefficient (Wildman–Crippen LogP) is 2.17. The van der Waals surface area contributed by atoms with Crippen molar-refractivity contribution in [1.82, 2.24) is 10.2 Å². The van der Waals surface area contributed by atoms with E-state index in [1.807, 2.05) is 31.2 Å². The number of hydrogen-bond acceptors (Lipinski definition) is 6. The summed E-state index contributed by atoms with van der Waals surface area (Å²) < 4.78 is 5.39. The molecule has 0 saturated carbocycles. The molecule has 0 atom stereocenters. The van der Waals surface area contributed by atoms with Gasteiger partial charge in [0, 0.05) is 24.7 Å². The Labute approximate surface area is 174 Å². The lowest BCUT2D eigenvalue weighted by molar-refractivity contribution is -0.121. The molecule has 0 spiro atoms. The van der Waals surface area contributed by atoms with E-state index in [-0.39, 0.29) is 29.8 Å². The lowest BCUT2D eigenvalue weighted by atomic mass is 10.0. The van der Waals surface area contributed by atoms with Crippen molar-refractivity contribution in [2.24, 2.45) is 0 Å². The van der Waals surface area contributed by atoms with E-state index in [0.29, 0.717) is 32.5 Å². The molecule has 1 aliphatic rings. The van der Waals surface area contributed by atoms with Crippen molar-refractivity contribution in [2.45, 2.75) is 32.2 Å². The molecule has 3 rings (SSSR count). The second-order valence-corrected chi connectivity index (χ2v) is 7.25. The van der Waals surface area contributed by atoms with Gasteiger partial charge < -0.3 is 30.3 Å². The standard InChI is InChI=1S/C22H26N2O6/c1-2-30-17-5-3-14(4-6-17)11-20(27)23-16-7-9-24(10-8-16)22(29)15-12-18(25)21(28)19(26)13-15/h3-6,12-13,16,25-26,28H,2,7-11H2,1H3,(H,23,27). The van der Waals surface area contributed by atoms with Gasteiger partial charge in [0.05, 0.1) is 13.0 Å². The lowest BCUT2D eigenvalue weighted by Gasteiger charge is -2.32. The molecule has 2 aromatic carbocycles. The van der Waals surface area contributed by atoms with Crippen molar-refractivity contribution in [3.05, 3.63) is 47.5 Å². The quantitative estimate of drug-likeness (QED) is 0.538. The Morgan fingerprint density at radius 3 is 2.23 bits per heavy atom. The zero-order valence-electron chi connectivity index (χ0n) is 16.8. The van der Waals surface area contributed by atoms with E-state index in [1.165, 1.54) is 0 Å². The van der Waals surface area contributed by atoms with Gasteiger partial charge in [0.25, 0.3) is 5.91 Å². The minimum absolute atomic E-state index is 0.0223. The highest BCUT2D eigenvalue weighted by Crippen LogP contribution is 2.35. The van der Waals surface area contributed by atoms with Crippen LogP contribution in [0.15, 0.2) is 36.4 Å². The molecule has 4 N–H and O–H groups in total. The summed E-state index contributed by atoms with van der Waals surface area (Å²) in [4.78, 5) is 26.5. The van der Waals surface area contributed by atoms with E-state index in [4.69, 9.17) is 4.74 Å². The number of rotatable bonds is 6. The first-order valence-electron chi connectivity index (χ1n) is 9.92. The first-order chi connectivity index (χ1) is 14.4. The van der Waals surface area contributed by atoms with Gasteiger partial charge in [-0.3, -0.25) is 9.59 Å². The predicted molar refractivity (Wildman–Crippen MR) is 110 cm³/mol. The number of carbonyl (C=O) groups excluding carboxylic acids is 2. The van der Waals surface area contributed by atoms with Gasteiger partial charge in [0.2, 0.25) is 5.91 Å². The number of benzene rings is 2. The highest BCUT2D eigenvalue weighted by molar-refractivity contribution is 5.95. The Kier molecular flexibility index (Phi) is 6.66. The first-order valence-corrected chi connectivity index (χ1v) is 9.92. The van der Waals surface area contributed by atoms with Crippen LogP contribution in [0, 0.1) is 0 Å². The number of piperidine rings is 1. The average Bonchev–Trinajstić information content (AvgIpc) is 2.73. The number of carbonyl (C=O) groups is 2. The smallest absolute Gasteiger partial charge is 0.254 e. The van der Waals surface area contributed by atoms with Crippen LogP contribution in [0.4, 0.5) is 0 Å². The van der Waals surface area contributed by atoms with Crippen molar-refractivity contribution < 1.29 is 29.6 Å². The summed E-state index contributed by atoms with van der Waals surface area (Å²) in [5.74, 6) is -1.39. The highest BCUT2D eigenvalue weighted by Gasteiger charge is 2.25. The zero-order chi connectivity index (χ0) is 21.7. The summed E-state index contributed by atoms with van der Waals surface area (Å²) in [7, 11) is 0. The summed E-state index contributed by atoms with van der Waals surface area (Å²) >= 11 is 0. The van der Waals surface area contributed by atoms with Crippen LogP contribution in [0.25, 0.3) is 0 Å². The van der Waals surface area contributed by atoms with E-state index >= 15 is 0 Å². The largest absolute Gasteiger partial charge is 0.504 e. The maximum absolute atomic E-state index is 12.6. The van der Waals surface area contributed by atoms with Crippen LogP contribution in [-0.4, -0.2) is 57.8 Å². The third kappa shape index (κ3) is 5.14. The third-order valence-electron chi connectivity index (χ3n) is 5.06. The summed E-state index contributed by atoms with van der Waals surface area (Å²) in [6.45, 7) is 3.39. The molecule has 1 saturated heterocycles. The van der Waals surface area contributed by atoms with Crippen molar-refractivity contribution in [1.29, 1.82) is 0 Å². The number of phenols is 3. The summed E-state index contributed by atoms with van der Waals surface area (Å²) in [5, 5.41) is 31.6. The minimum atomic E-state index is -0.652. The maximum Gasteiger partial charge on any atom is 0.254 e. The van der Waals surface area contributed by atoms with E-state index in [1.54, 1.807) is 4.90 Å². The number of phenolic OH excluding ortho intramolecular Hbond substituents is 3. The van der Waals surface area contributed by atoms with Crippen LogP contribution in [0.2, 0.25) is 0 Å². The molecule has 0 aliphatic carbocycles. The maximum atomic E-state index is 12.6. The number of nitrogens with one attached hydrogen (secondary N) is 1. The minimum Gasteiger partial charge on any atom is -0.504 e. The van der Waals surface area contributed by atoms with E-state index in [2.05, 4.69) is 5.32 Å². The second kappa shape index (κ2) is 9.39. The molecule has 1 fully saturated rings. The lowest BCUT2D eigenvalue weighted by Crippen LogP contribution is -2.46. The van der Waals surface area contributed by atoms with Gasteiger partial charge in [-0.25, -0.2) is 0 Å². The number of hydrogen-bond donors (Lipinski definition) is 4. The summed E-state index contributed by atoms with van der Waals surface area (Å²) in [5.41, 5.74) is 0.997. The molecule has 8 nitrogen and oxygen atoms in total. The summed E-state index contributed by atoms with van der Waals surface area (Å²) in [6.07, 6.45) is 1.49. The fraction of sp³-hybridized carbons (Fsp3) is 0.364. The SMILES string of the molecule is CCOc1ccc(CC(=O)NC2CCN(C(=O)c3cc(O)c(O)c(O)c3)CC2)cc1. The Bertz CT molecular complexity index is 881. The first kappa shape index (κ1) is 21.3. The van der Waals surface area contributed by atoms with E-state index < -0.39 is 17.2 Å². The summed E-state index contributed by atoms with van der Waals surface area (Å²) in [6, 6.07) is 9.66. The number of likely N-dealkylation sites (tertiary alicyclic amines) is 1. The number of nitrogens with zero attached hydrogens (tertiary/aromatic N) is 1. The fourth-order valence-corrected chi connectivity index (χ4v) is 3.47. The van der Waals surface area contributed by atoms with Crippen LogP contribution in [0.1, 0.15) is 35.7 Å². The third-order valence-corrected chi connectivity index (χ3v) is 5.06. The molecular weight excluding hydrogens is 388 g/mol. The molecule has 0 radical (unpaired) electrons. The molecule has 2 amide bonds. The highest BCUT2D eigenvalue weighted by atomic mass is 16.5. The molecule has 8 heteroatoms. The molecule has 1 heterocycles. The number of amides is 2. The number of ether oxygens (including phenoxy) is 1. The molecule has 30 heavy (non-hydrogen) atoms. The van der Waals surface area contributed by atoms with Crippen LogP contribution in [0.5, 0.6) is 23.0 Å². The Morgan fingerprint density at radius 1 is 1.07 bits per heavy atom. The van der Waals surface area contributed by atoms with Crippen molar-refractivity contribution in [3.63, 3.8) is 0 Å². The Morgan fingerprint density at radius 2 is 1.67 bits per heavy atom. The topological polar surface area (TPSA) is 119 Å². The second-order valence-electron chi connectivity index (χ2n) is 7.25. The van der Waals surface area contributed by atoms with Crippen LogP contribution < -0.4 is 10.1 Å². The normalized spacial score (nSPS) is 14.4. The molecule has 0 bridgehead atoms. The fourth-order valence-electron chi connectivity index (χ4n) is 3.47. The monoisotopic (exact) mass is 414 g/mol. The van der Waals surface area contributed by atoms with E-state index in [9.17, 15) is 24.9 Å². The van der Waals surface area contributed by atoms with Crippen LogP contribution in [0.3, 0.4) is 0 Å². The average molecular weight is 414 g/mol. The van der Waals surface area contributed by atoms with Gasteiger partial charge in [0.15, 0.2) is 17.2 Å². The molecule has 0 aromatic heterocycles. The number of aromatic hydroxyl groups is 3. The molecule has 0 unspecified atom stereocenters.